The number of aliphatic carboxylic acids is 3. The van der Waals surface area contributed by atoms with Gasteiger partial charge in [-0.05, 0) is 19.8 Å². The summed E-state index contributed by atoms with van der Waals surface area (Å²) in [6.45, 7) is 3.73. The van der Waals surface area contributed by atoms with Crippen molar-refractivity contribution in [2.75, 3.05) is 6.54 Å². The Bertz CT molecular complexity index is 510. The fourth-order valence-electron chi connectivity index (χ4n) is 2.60. The molecule has 0 saturated carbocycles. The molecule has 122 valence electrons. The minimum Gasteiger partial charge on any atom is -0.481 e. The van der Waals surface area contributed by atoms with Gasteiger partial charge in [0.25, 0.3) is 0 Å². The van der Waals surface area contributed by atoms with E-state index in [-0.39, 0.29) is 12.3 Å². The molecule has 4 atom stereocenters. The second-order valence-corrected chi connectivity index (χ2v) is 5.51. The molecule has 0 aromatic rings. The zero-order valence-corrected chi connectivity index (χ0v) is 12.5. The van der Waals surface area contributed by atoms with Gasteiger partial charge in [-0.15, -0.1) is 0 Å². The van der Waals surface area contributed by atoms with E-state index in [1.165, 1.54) is 6.08 Å². The summed E-state index contributed by atoms with van der Waals surface area (Å²) in [7, 11) is 0. The van der Waals surface area contributed by atoms with E-state index in [4.69, 9.17) is 15.3 Å². The zero-order chi connectivity index (χ0) is 16.9. The summed E-state index contributed by atoms with van der Waals surface area (Å²) in [6, 6.07) is -0.883. The molecule has 1 aliphatic heterocycles. The van der Waals surface area contributed by atoms with Crippen LogP contribution in [-0.4, -0.2) is 45.8 Å². The molecule has 1 saturated heterocycles. The first kappa shape index (κ1) is 17.9. The Labute approximate surface area is 128 Å². The van der Waals surface area contributed by atoms with Crippen molar-refractivity contribution in [3.63, 3.8) is 0 Å². The van der Waals surface area contributed by atoms with Crippen LogP contribution in [-0.2, 0) is 14.4 Å². The van der Waals surface area contributed by atoms with E-state index in [0.29, 0.717) is 6.54 Å². The van der Waals surface area contributed by atoms with Gasteiger partial charge in [-0.1, -0.05) is 23.8 Å². The smallest absolute Gasteiger partial charge is 0.321 e. The largest absolute Gasteiger partial charge is 0.481 e. The van der Waals surface area contributed by atoms with E-state index in [1.807, 2.05) is 0 Å². The quantitative estimate of drug-likeness (QED) is 0.516. The molecule has 1 rings (SSSR count). The molecule has 0 bridgehead atoms. The van der Waals surface area contributed by atoms with E-state index >= 15 is 0 Å². The molecule has 1 fully saturated rings. The predicted octanol–water partition coefficient (Wildman–Crippen LogP) is 0.973. The van der Waals surface area contributed by atoms with Crippen molar-refractivity contribution in [1.82, 2.24) is 5.32 Å². The first-order chi connectivity index (χ1) is 10.2. The van der Waals surface area contributed by atoms with Crippen LogP contribution in [0.1, 0.15) is 20.3 Å². The van der Waals surface area contributed by atoms with E-state index in [0.717, 1.165) is 5.57 Å². The molecule has 22 heavy (non-hydrogen) atoms. The van der Waals surface area contributed by atoms with Crippen LogP contribution in [0.4, 0.5) is 0 Å². The second kappa shape index (κ2) is 7.74. The van der Waals surface area contributed by atoms with Crippen molar-refractivity contribution in [1.29, 1.82) is 0 Å². The lowest BCUT2D eigenvalue weighted by molar-refractivity contribution is -0.142. The standard InChI is InChI=1S/C15H21NO6/c1-8(4-3-5-9(2)14(19)20)11-7-16-13(15(21)22)10(11)6-12(17)18/h3-5,9-11,13,16H,6-7H2,1-2H3,(H,17,18)(H,19,20)(H,21,22)/b5-3-,8-4+/t9?,10-,11+,13-/m0/s1. The normalized spacial score (nSPS) is 27.0. The van der Waals surface area contributed by atoms with E-state index in [2.05, 4.69) is 5.32 Å². The Morgan fingerprint density at radius 1 is 1.27 bits per heavy atom. The summed E-state index contributed by atoms with van der Waals surface area (Å²) in [5.74, 6) is -4.38. The summed E-state index contributed by atoms with van der Waals surface area (Å²) < 4.78 is 0. The van der Waals surface area contributed by atoms with Gasteiger partial charge in [-0.2, -0.15) is 0 Å². The summed E-state index contributed by atoms with van der Waals surface area (Å²) in [5.41, 5.74) is 0.830. The van der Waals surface area contributed by atoms with Gasteiger partial charge in [0.1, 0.15) is 6.04 Å². The fourth-order valence-corrected chi connectivity index (χ4v) is 2.60. The van der Waals surface area contributed by atoms with Crippen molar-refractivity contribution >= 4 is 17.9 Å². The predicted molar refractivity (Wildman–Crippen MR) is 78.4 cm³/mol. The Morgan fingerprint density at radius 2 is 1.91 bits per heavy atom. The first-order valence-corrected chi connectivity index (χ1v) is 6.99. The van der Waals surface area contributed by atoms with Crippen molar-refractivity contribution < 1.29 is 29.7 Å². The third-order valence-electron chi connectivity index (χ3n) is 3.91. The summed E-state index contributed by atoms with van der Waals surface area (Å²) in [4.78, 5) is 32.8. The third kappa shape index (κ3) is 4.70. The lowest BCUT2D eigenvalue weighted by Gasteiger charge is -2.20. The molecule has 0 aliphatic carbocycles. The molecule has 0 aromatic carbocycles. The number of nitrogens with one attached hydrogen (secondary N) is 1. The zero-order valence-electron chi connectivity index (χ0n) is 12.5. The minimum atomic E-state index is -1.06. The van der Waals surface area contributed by atoms with Gasteiger partial charge >= 0.3 is 17.9 Å². The maximum Gasteiger partial charge on any atom is 0.321 e. The highest BCUT2D eigenvalue weighted by Gasteiger charge is 2.41. The number of carboxylic acids is 3. The fraction of sp³-hybridized carbons (Fsp3) is 0.533. The molecule has 7 heteroatoms. The van der Waals surface area contributed by atoms with Crippen LogP contribution in [0.15, 0.2) is 23.8 Å². The molecule has 0 spiro atoms. The van der Waals surface area contributed by atoms with Crippen LogP contribution < -0.4 is 5.32 Å². The monoisotopic (exact) mass is 311 g/mol. The van der Waals surface area contributed by atoms with Gasteiger partial charge in [0.15, 0.2) is 0 Å². The van der Waals surface area contributed by atoms with Crippen LogP contribution in [0.5, 0.6) is 0 Å². The maximum atomic E-state index is 11.2. The molecule has 4 N–H and O–H groups in total. The maximum absolute atomic E-state index is 11.2. The summed E-state index contributed by atoms with van der Waals surface area (Å²) in [6.07, 6.45) is 4.62. The molecule has 0 amide bonds. The van der Waals surface area contributed by atoms with Gasteiger partial charge in [-0.3, -0.25) is 14.4 Å². The van der Waals surface area contributed by atoms with Gasteiger partial charge in [0.2, 0.25) is 0 Å². The van der Waals surface area contributed by atoms with Crippen LogP contribution >= 0.6 is 0 Å². The molecule has 0 aromatic heterocycles. The Hall–Kier alpha value is -2.15. The molecule has 1 unspecified atom stereocenters. The number of hydrogen-bond donors (Lipinski definition) is 4. The third-order valence-corrected chi connectivity index (χ3v) is 3.91. The van der Waals surface area contributed by atoms with Crippen molar-refractivity contribution in [3.8, 4) is 0 Å². The molecular formula is C15H21NO6. The summed E-state index contributed by atoms with van der Waals surface area (Å²) >= 11 is 0. The highest BCUT2D eigenvalue weighted by atomic mass is 16.4. The van der Waals surface area contributed by atoms with E-state index in [1.54, 1.807) is 26.0 Å². The van der Waals surface area contributed by atoms with Crippen LogP contribution in [0.2, 0.25) is 0 Å². The number of rotatable bonds is 7. The Balaban J connectivity index is 2.85. The van der Waals surface area contributed by atoms with E-state index < -0.39 is 35.8 Å². The molecule has 7 nitrogen and oxygen atoms in total. The average molecular weight is 311 g/mol. The van der Waals surface area contributed by atoms with Crippen LogP contribution in [0.25, 0.3) is 0 Å². The van der Waals surface area contributed by atoms with Crippen molar-refractivity contribution in [2.24, 2.45) is 17.8 Å². The van der Waals surface area contributed by atoms with Gasteiger partial charge in [-0.25, -0.2) is 0 Å². The van der Waals surface area contributed by atoms with Gasteiger partial charge < -0.3 is 20.6 Å². The molecular weight excluding hydrogens is 290 g/mol. The number of hydrogen-bond acceptors (Lipinski definition) is 4. The van der Waals surface area contributed by atoms with Crippen LogP contribution in [0.3, 0.4) is 0 Å². The van der Waals surface area contributed by atoms with Crippen molar-refractivity contribution in [3.05, 3.63) is 23.8 Å². The Kier molecular flexibility index (Phi) is 6.30. The number of allylic oxidation sites excluding steroid dienone is 2. The number of carboxylic acid groups (broad SMARTS) is 3. The van der Waals surface area contributed by atoms with Crippen molar-refractivity contribution in [2.45, 2.75) is 26.3 Å². The second-order valence-electron chi connectivity index (χ2n) is 5.51. The van der Waals surface area contributed by atoms with Gasteiger partial charge in [0.05, 0.1) is 12.3 Å². The molecule has 1 heterocycles. The average Bonchev–Trinajstić information content (AvgIpc) is 2.81. The first-order valence-electron chi connectivity index (χ1n) is 6.99. The molecule has 1 aliphatic rings. The Morgan fingerprint density at radius 3 is 2.41 bits per heavy atom. The SMILES string of the molecule is C/C(=C\C=C/C(C)C(=O)O)[C@H]1CN[C@H](C(=O)O)[C@H]1CC(=O)O. The molecule has 0 radical (unpaired) electrons. The lowest BCUT2D eigenvalue weighted by atomic mass is 9.83. The van der Waals surface area contributed by atoms with Gasteiger partial charge in [0, 0.05) is 12.5 Å². The topological polar surface area (TPSA) is 124 Å². The lowest BCUT2D eigenvalue weighted by Crippen LogP contribution is -2.36. The van der Waals surface area contributed by atoms with Crippen LogP contribution in [0, 0.1) is 17.8 Å². The minimum absolute atomic E-state index is 0.206. The van der Waals surface area contributed by atoms with E-state index in [9.17, 15) is 14.4 Å². The number of carbonyl (C=O) groups is 3. The summed E-state index contributed by atoms with van der Waals surface area (Å²) in [5, 5.41) is 29.7. The highest BCUT2D eigenvalue weighted by Crippen LogP contribution is 2.31. The highest BCUT2D eigenvalue weighted by molar-refractivity contribution is 5.76.